The third-order valence-electron chi connectivity index (χ3n) is 3.29. The predicted octanol–water partition coefficient (Wildman–Crippen LogP) is 5.03. The molecule has 0 bridgehead atoms. The van der Waals surface area contributed by atoms with Crippen molar-refractivity contribution in [2.24, 2.45) is 0 Å². The Morgan fingerprint density at radius 1 is 1.21 bits per heavy atom. The molecule has 19 heavy (non-hydrogen) atoms. The Labute approximate surface area is 118 Å². The topological polar surface area (TPSA) is 9.23 Å². The molecule has 0 spiro atoms. The molecule has 0 saturated carbocycles. The van der Waals surface area contributed by atoms with Crippen molar-refractivity contribution in [2.75, 3.05) is 7.11 Å². The van der Waals surface area contributed by atoms with Crippen LogP contribution in [-0.4, -0.2) is 7.11 Å². The van der Waals surface area contributed by atoms with Crippen LogP contribution in [0, 0.1) is 12.7 Å². The van der Waals surface area contributed by atoms with Crippen molar-refractivity contribution >= 4 is 11.6 Å². The lowest BCUT2D eigenvalue weighted by molar-refractivity contribution is 0.387. The van der Waals surface area contributed by atoms with Gasteiger partial charge in [0, 0.05) is 5.56 Å². The quantitative estimate of drug-likeness (QED) is 0.765. The van der Waals surface area contributed by atoms with E-state index < -0.39 is 5.82 Å². The van der Waals surface area contributed by atoms with Crippen molar-refractivity contribution in [3.05, 3.63) is 52.3 Å². The maximum Gasteiger partial charge on any atom is 0.174 e. The van der Waals surface area contributed by atoms with Crippen molar-refractivity contribution in [1.29, 1.82) is 0 Å². The summed E-state index contributed by atoms with van der Waals surface area (Å²) in [5.41, 5.74) is 3.56. The van der Waals surface area contributed by atoms with E-state index in [4.69, 9.17) is 16.3 Å². The van der Waals surface area contributed by atoms with Gasteiger partial charge in [-0.05, 0) is 42.2 Å². The molecule has 2 aromatic carbocycles. The Hall–Kier alpha value is -1.54. The highest BCUT2D eigenvalue weighted by molar-refractivity contribution is 6.33. The van der Waals surface area contributed by atoms with Gasteiger partial charge in [0.05, 0.1) is 12.1 Å². The highest BCUT2D eigenvalue weighted by Gasteiger charge is 2.15. The van der Waals surface area contributed by atoms with Crippen LogP contribution in [0.2, 0.25) is 5.02 Å². The summed E-state index contributed by atoms with van der Waals surface area (Å²) in [4.78, 5) is 0. The molecule has 0 aliphatic carbocycles. The molecule has 2 aromatic rings. The minimum Gasteiger partial charge on any atom is -0.494 e. The first-order valence-electron chi connectivity index (χ1n) is 6.20. The van der Waals surface area contributed by atoms with Gasteiger partial charge in [-0.2, -0.15) is 0 Å². The fourth-order valence-corrected chi connectivity index (χ4v) is 2.46. The number of halogens is 2. The van der Waals surface area contributed by atoms with E-state index in [1.807, 2.05) is 25.1 Å². The Morgan fingerprint density at radius 2 is 1.95 bits per heavy atom. The normalized spacial score (nSPS) is 10.6. The summed E-state index contributed by atoms with van der Waals surface area (Å²) in [6.07, 6.45) is 0.959. The average molecular weight is 279 g/mol. The standard InChI is InChI=1S/C16H16ClFO/c1-4-11-5-6-12(9-10(11)2)15-13(17)7-8-14(19-3)16(15)18/h5-9H,4H2,1-3H3. The molecule has 0 fully saturated rings. The lowest BCUT2D eigenvalue weighted by atomic mass is 9.98. The van der Waals surface area contributed by atoms with Crippen molar-refractivity contribution in [2.45, 2.75) is 20.3 Å². The summed E-state index contributed by atoms with van der Waals surface area (Å²) in [5.74, 6) is -0.213. The number of aryl methyl sites for hydroxylation is 2. The van der Waals surface area contributed by atoms with Gasteiger partial charge >= 0.3 is 0 Å². The smallest absolute Gasteiger partial charge is 0.174 e. The van der Waals surface area contributed by atoms with Crippen LogP contribution in [0.4, 0.5) is 4.39 Å². The van der Waals surface area contributed by atoms with Crippen LogP contribution in [0.25, 0.3) is 11.1 Å². The Balaban J connectivity index is 2.61. The van der Waals surface area contributed by atoms with Crippen LogP contribution >= 0.6 is 11.6 Å². The third kappa shape index (κ3) is 2.59. The molecular weight excluding hydrogens is 263 g/mol. The van der Waals surface area contributed by atoms with Gasteiger partial charge in [0.2, 0.25) is 0 Å². The minimum absolute atomic E-state index is 0.205. The maximum absolute atomic E-state index is 14.3. The number of ether oxygens (including phenoxy) is 1. The minimum atomic E-state index is -0.418. The second-order valence-corrected chi connectivity index (χ2v) is 4.84. The zero-order valence-electron chi connectivity index (χ0n) is 11.3. The maximum atomic E-state index is 14.3. The molecule has 0 unspecified atom stereocenters. The number of rotatable bonds is 3. The Morgan fingerprint density at radius 3 is 2.53 bits per heavy atom. The van der Waals surface area contributed by atoms with E-state index in [0.29, 0.717) is 10.6 Å². The highest BCUT2D eigenvalue weighted by atomic mass is 35.5. The summed E-state index contributed by atoms with van der Waals surface area (Å²) in [5, 5.41) is 0.391. The molecule has 0 N–H and O–H groups in total. The molecule has 0 aromatic heterocycles. The van der Waals surface area contributed by atoms with E-state index in [1.165, 1.54) is 18.7 Å². The van der Waals surface area contributed by atoms with E-state index in [9.17, 15) is 4.39 Å². The van der Waals surface area contributed by atoms with Crippen LogP contribution in [0.3, 0.4) is 0 Å². The molecule has 2 rings (SSSR count). The van der Waals surface area contributed by atoms with E-state index in [0.717, 1.165) is 17.5 Å². The van der Waals surface area contributed by atoms with E-state index in [-0.39, 0.29) is 5.75 Å². The van der Waals surface area contributed by atoms with Crippen LogP contribution in [0.1, 0.15) is 18.1 Å². The number of hydrogen-bond donors (Lipinski definition) is 0. The van der Waals surface area contributed by atoms with Crippen LogP contribution < -0.4 is 4.74 Å². The summed E-state index contributed by atoms with van der Waals surface area (Å²) < 4.78 is 19.3. The zero-order valence-corrected chi connectivity index (χ0v) is 12.0. The first kappa shape index (κ1) is 13.9. The lowest BCUT2D eigenvalue weighted by Gasteiger charge is -2.12. The van der Waals surface area contributed by atoms with Crippen LogP contribution in [0.5, 0.6) is 5.75 Å². The van der Waals surface area contributed by atoms with E-state index in [1.54, 1.807) is 6.07 Å². The summed E-state index contributed by atoms with van der Waals surface area (Å²) in [6, 6.07) is 9.06. The third-order valence-corrected chi connectivity index (χ3v) is 3.60. The summed E-state index contributed by atoms with van der Waals surface area (Å²) in [6.45, 7) is 4.12. The van der Waals surface area contributed by atoms with Gasteiger partial charge in [0.15, 0.2) is 11.6 Å². The second kappa shape index (κ2) is 5.62. The highest BCUT2D eigenvalue weighted by Crippen LogP contribution is 2.36. The fourth-order valence-electron chi connectivity index (χ4n) is 2.20. The number of benzene rings is 2. The molecule has 0 radical (unpaired) electrons. The zero-order chi connectivity index (χ0) is 14.0. The predicted molar refractivity (Wildman–Crippen MR) is 77.5 cm³/mol. The van der Waals surface area contributed by atoms with Gasteiger partial charge in [-0.15, -0.1) is 0 Å². The molecule has 0 atom stereocenters. The second-order valence-electron chi connectivity index (χ2n) is 4.43. The Bertz CT molecular complexity index is 608. The molecule has 0 aliphatic rings. The average Bonchev–Trinajstić information content (AvgIpc) is 2.39. The van der Waals surface area contributed by atoms with Gasteiger partial charge in [0.1, 0.15) is 0 Å². The van der Waals surface area contributed by atoms with Gasteiger partial charge in [-0.3, -0.25) is 0 Å². The van der Waals surface area contributed by atoms with Gasteiger partial charge < -0.3 is 4.74 Å². The summed E-state index contributed by atoms with van der Waals surface area (Å²) >= 11 is 6.12. The molecule has 3 heteroatoms. The first-order valence-corrected chi connectivity index (χ1v) is 6.58. The molecule has 0 aliphatic heterocycles. The number of methoxy groups -OCH3 is 1. The number of hydrogen-bond acceptors (Lipinski definition) is 1. The van der Waals surface area contributed by atoms with E-state index in [2.05, 4.69) is 6.92 Å². The first-order chi connectivity index (χ1) is 9.08. The van der Waals surface area contributed by atoms with Crippen LogP contribution in [-0.2, 0) is 6.42 Å². The van der Waals surface area contributed by atoms with Crippen molar-refractivity contribution in [3.63, 3.8) is 0 Å². The Kier molecular flexibility index (Phi) is 4.11. The van der Waals surface area contributed by atoms with Gasteiger partial charge in [-0.25, -0.2) is 4.39 Å². The SMILES string of the molecule is CCc1ccc(-c2c(Cl)ccc(OC)c2F)cc1C. The molecule has 0 amide bonds. The molecule has 0 heterocycles. The largest absolute Gasteiger partial charge is 0.494 e. The molecular formula is C16H16ClFO. The molecule has 100 valence electrons. The summed E-state index contributed by atoms with van der Waals surface area (Å²) in [7, 11) is 1.45. The van der Waals surface area contributed by atoms with Crippen molar-refractivity contribution < 1.29 is 9.13 Å². The van der Waals surface area contributed by atoms with Crippen molar-refractivity contribution in [3.8, 4) is 16.9 Å². The van der Waals surface area contributed by atoms with Gasteiger partial charge in [0.25, 0.3) is 0 Å². The lowest BCUT2D eigenvalue weighted by Crippen LogP contribution is -1.94. The van der Waals surface area contributed by atoms with Crippen LogP contribution in [0.15, 0.2) is 30.3 Å². The molecule has 0 saturated heterocycles. The van der Waals surface area contributed by atoms with Gasteiger partial charge in [-0.1, -0.05) is 36.7 Å². The monoisotopic (exact) mass is 278 g/mol. The van der Waals surface area contributed by atoms with E-state index >= 15 is 0 Å². The van der Waals surface area contributed by atoms with Crippen molar-refractivity contribution in [1.82, 2.24) is 0 Å². The molecule has 1 nitrogen and oxygen atoms in total. The fraction of sp³-hybridized carbons (Fsp3) is 0.250.